The molecule has 4 saturated heterocycles. The third kappa shape index (κ3) is 1.33. The SMILES string of the molecule is C[C@H]1C(=O)O[C@@H]2[C@@H](O)[C@@]34[C@@H]5C[C@@H](C(C)(C)C)[C@]36[C@H](OC(=O)[C@@H]6O)O[C@@]4(C(=O)O5)[C@]21O. The molecule has 6 rings (SSSR count). The molecule has 0 amide bonds. The Morgan fingerprint density at radius 2 is 1.70 bits per heavy atom. The lowest BCUT2D eigenvalue weighted by Crippen LogP contribution is -2.67. The zero-order chi connectivity index (χ0) is 21.8. The molecule has 11 atom stereocenters. The van der Waals surface area contributed by atoms with Crippen LogP contribution in [0.5, 0.6) is 0 Å². The first-order valence-corrected chi connectivity index (χ1v) is 10.2. The minimum absolute atomic E-state index is 0.229. The standard InChI is InChI=1S/C20H24O10/c1-6-12(23)28-11-9(21)18-8-5-7(16(2,3)4)17(18)10(22)13(24)29-15(17)30-20(18,14(25)27-8)19(6,11)26/h6-11,15,21-22,26H,5H2,1-4H3/t6-,7-,8-,9+,10-,11+,15+,17-,18-,19+,20+/m0/s1. The van der Waals surface area contributed by atoms with Crippen molar-refractivity contribution >= 4 is 17.9 Å². The first-order valence-electron chi connectivity index (χ1n) is 10.2. The summed E-state index contributed by atoms with van der Waals surface area (Å²) in [5.74, 6) is -4.32. The summed E-state index contributed by atoms with van der Waals surface area (Å²) < 4.78 is 22.5. The largest absolute Gasteiger partial charge is 0.459 e. The van der Waals surface area contributed by atoms with E-state index in [1.807, 2.05) is 20.8 Å². The quantitative estimate of drug-likeness (QED) is 0.314. The molecule has 6 fully saturated rings. The van der Waals surface area contributed by atoms with E-state index < -0.39 is 87.9 Å². The van der Waals surface area contributed by atoms with E-state index in [0.717, 1.165) is 0 Å². The molecule has 0 bridgehead atoms. The van der Waals surface area contributed by atoms with Crippen LogP contribution in [0.25, 0.3) is 0 Å². The van der Waals surface area contributed by atoms with Crippen LogP contribution < -0.4 is 0 Å². The third-order valence-corrected chi connectivity index (χ3v) is 9.00. The first-order chi connectivity index (χ1) is 13.8. The maximum absolute atomic E-state index is 13.4. The summed E-state index contributed by atoms with van der Waals surface area (Å²) >= 11 is 0. The summed E-state index contributed by atoms with van der Waals surface area (Å²) in [6.45, 7) is 7.14. The van der Waals surface area contributed by atoms with Gasteiger partial charge in [-0.1, -0.05) is 20.8 Å². The number of hydrogen-bond donors (Lipinski definition) is 3. The van der Waals surface area contributed by atoms with Crippen molar-refractivity contribution in [3.63, 3.8) is 0 Å². The summed E-state index contributed by atoms with van der Waals surface area (Å²) in [5, 5.41) is 34.7. The lowest BCUT2D eigenvalue weighted by molar-refractivity contribution is -0.239. The van der Waals surface area contributed by atoms with Crippen molar-refractivity contribution in [2.75, 3.05) is 0 Å². The summed E-state index contributed by atoms with van der Waals surface area (Å²) in [7, 11) is 0. The predicted molar refractivity (Wildman–Crippen MR) is 92.0 cm³/mol. The fourth-order valence-corrected chi connectivity index (χ4v) is 8.12. The highest BCUT2D eigenvalue weighted by molar-refractivity contribution is 5.94. The highest BCUT2D eigenvalue weighted by atomic mass is 16.8. The fraction of sp³-hybridized carbons (Fsp3) is 0.850. The number of hydrogen-bond acceptors (Lipinski definition) is 10. The second-order valence-electron chi connectivity index (χ2n) is 10.7. The molecule has 6 aliphatic rings. The molecule has 10 heteroatoms. The van der Waals surface area contributed by atoms with E-state index in [9.17, 15) is 29.7 Å². The Bertz CT molecular complexity index is 925. The average molecular weight is 424 g/mol. The Hall–Kier alpha value is -1.75. The predicted octanol–water partition coefficient (Wildman–Crippen LogP) is -1.37. The van der Waals surface area contributed by atoms with Crippen LogP contribution >= 0.6 is 0 Å². The zero-order valence-electron chi connectivity index (χ0n) is 16.9. The van der Waals surface area contributed by atoms with Gasteiger partial charge in [0.2, 0.25) is 11.9 Å². The van der Waals surface area contributed by atoms with Crippen LogP contribution in [0.3, 0.4) is 0 Å². The van der Waals surface area contributed by atoms with E-state index in [2.05, 4.69) is 0 Å². The molecule has 3 N–H and O–H groups in total. The normalized spacial score (nSPS) is 60.1. The Balaban J connectivity index is 1.72. The van der Waals surface area contributed by atoms with E-state index in [1.165, 1.54) is 6.92 Å². The van der Waals surface area contributed by atoms with Crippen molar-refractivity contribution in [2.24, 2.45) is 28.1 Å². The Morgan fingerprint density at radius 3 is 2.33 bits per heavy atom. The molecule has 4 heterocycles. The van der Waals surface area contributed by atoms with Gasteiger partial charge in [0.15, 0.2) is 17.8 Å². The molecule has 10 nitrogen and oxygen atoms in total. The number of esters is 3. The topological polar surface area (TPSA) is 149 Å². The second kappa shape index (κ2) is 4.69. The molecular weight excluding hydrogens is 400 g/mol. The van der Waals surface area contributed by atoms with Gasteiger partial charge < -0.3 is 34.3 Å². The van der Waals surface area contributed by atoms with Gasteiger partial charge in [-0.05, 0) is 24.7 Å². The van der Waals surface area contributed by atoms with Gasteiger partial charge in [-0.2, -0.15) is 0 Å². The van der Waals surface area contributed by atoms with Gasteiger partial charge in [-0.15, -0.1) is 0 Å². The number of aliphatic hydroxyl groups excluding tert-OH is 2. The monoisotopic (exact) mass is 424 g/mol. The average Bonchev–Trinajstić information content (AvgIpc) is 3.35. The minimum Gasteiger partial charge on any atom is -0.459 e. The van der Waals surface area contributed by atoms with Gasteiger partial charge in [-0.3, -0.25) is 4.79 Å². The highest BCUT2D eigenvalue weighted by Crippen LogP contribution is 2.84. The van der Waals surface area contributed by atoms with E-state index in [0.29, 0.717) is 0 Å². The fourth-order valence-electron chi connectivity index (χ4n) is 8.12. The molecule has 0 radical (unpaired) electrons. The summed E-state index contributed by atoms with van der Waals surface area (Å²) in [4.78, 5) is 38.2. The van der Waals surface area contributed by atoms with E-state index in [1.54, 1.807) is 0 Å². The molecule has 4 aliphatic heterocycles. The Morgan fingerprint density at radius 1 is 1.03 bits per heavy atom. The number of carbonyl (C=O) groups excluding carboxylic acids is 3. The summed E-state index contributed by atoms with van der Waals surface area (Å²) in [6.07, 6.45) is -6.91. The molecule has 0 aromatic heterocycles. The first kappa shape index (κ1) is 19.0. The van der Waals surface area contributed by atoms with E-state index in [-0.39, 0.29) is 6.42 Å². The van der Waals surface area contributed by atoms with Crippen molar-refractivity contribution in [2.45, 2.75) is 76.0 Å². The maximum atomic E-state index is 13.4. The molecule has 2 saturated carbocycles. The van der Waals surface area contributed by atoms with Gasteiger partial charge >= 0.3 is 17.9 Å². The van der Waals surface area contributed by atoms with Crippen molar-refractivity contribution < 1.29 is 48.7 Å². The number of carbonyl (C=O) groups is 3. The van der Waals surface area contributed by atoms with E-state index >= 15 is 0 Å². The number of aliphatic hydroxyl groups is 3. The van der Waals surface area contributed by atoms with Crippen LogP contribution in [-0.4, -0.2) is 75.1 Å². The zero-order valence-corrected chi connectivity index (χ0v) is 16.9. The van der Waals surface area contributed by atoms with Crippen LogP contribution in [0.4, 0.5) is 0 Å². The lowest BCUT2D eigenvalue weighted by atomic mass is 9.51. The minimum atomic E-state index is -2.24. The van der Waals surface area contributed by atoms with Gasteiger partial charge in [0.25, 0.3) is 0 Å². The van der Waals surface area contributed by atoms with Crippen LogP contribution in [0, 0.1) is 28.1 Å². The van der Waals surface area contributed by atoms with Gasteiger partial charge in [0.1, 0.15) is 12.2 Å². The molecule has 2 aliphatic carbocycles. The van der Waals surface area contributed by atoms with Crippen molar-refractivity contribution in [3.05, 3.63) is 0 Å². The maximum Gasteiger partial charge on any atom is 0.343 e. The molecule has 164 valence electrons. The molecule has 2 spiro atoms. The van der Waals surface area contributed by atoms with Crippen LogP contribution in [0.2, 0.25) is 0 Å². The second-order valence-corrected chi connectivity index (χ2v) is 10.7. The van der Waals surface area contributed by atoms with Gasteiger partial charge in [-0.25, -0.2) is 9.59 Å². The smallest absolute Gasteiger partial charge is 0.343 e. The van der Waals surface area contributed by atoms with Crippen LogP contribution in [-0.2, 0) is 33.3 Å². The van der Waals surface area contributed by atoms with Gasteiger partial charge in [0, 0.05) is 0 Å². The molecule has 0 aromatic carbocycles. The van der Waals surface area contributed by atoms with Crippen molar-refractivity contribution in [3.8, 4) is 0 Å². The summed E-state index contributed by atoms with van der Waals surface area (Å²) in [5.41, 5.74) is -8.26. The van der Waals surface area contributed by atoms with Crippen LogP contribution in [0.15, 0.2) is 0 Å². The van der Waals surface area contributed by atoms with Crippen molar-refractivity contribution in [1.29, 1.82) is 0 Å². The number of fused-ring (bicyclic) bond motifs is 1. The lowest BCUT2D eigenvalue weighted by Gasteiger charge is -2.47. The molecule has 30 heavy (non-hydrogen) atoms. The molecular formula is C20H24O10. The van der Waals surface area contributed by atoms with Gasteiger partial charge in [0.05, 0.1) is 16.7 Å². The van der Waals surface area contributed by atoms with Crippen LogP contribution in [0.1, 0.15) is 34.1 Å². The third-order valence-electron chi connectivity index (χ3n) is 9.00. The Labute approximate surface area is 171 Å². The molecule has 0 unspecified atom stereocenters. The van der Waals surface area contributed by atoms with Crippen molar-refractivity contribution in [1.82, 2.24) is 0 Å². The Kier molecular flexibility index (Phi) is 2.97. The summed E-state index contributed by atoms with van der Waals surface area (Å²) in [6, 6.07) is 0. The van der Waals surface area contributed by atoms with E-state index in [4.69, 9.17) is 18.9 Å². The highest BCUT2D eigenvalue weighted by Gasteiger charge is 3.03. The molecule has 0 aromatic rings. The number of ether oxygens (including phenoxy) is 4. The number of rotatable bonds is 0.